The molecule has 0 saturated heterocycles. The first kappa shape index (κ1) is 17.1. The zero-order valence-electron chi connectivity index (χ0n) is 13.7. The van der Waals surface area contributed by atoms with Gasteiger partial charge in [-0.1, -0.05) is 12.1 Å². The van der Waals surface area contributed by atoms with Crippen LogP contribution in [0.3, 0.4) is 0 Å². The Labute approximate surface area is 147 Å². The summed E-state index contributed by atoms with van der Waals surface area (Å²) in [7, 11) is 1.54. The molecule has 10 heteroatoms. The van der Waals surface area contributed by atoms with E-state index in [0.717, 1.165) is 0 Å². The Kier molecular flexibility index (Phi) is 5.41. The largest absolute Gasteiger partial charge is 0.377 e. The fourth-order valence-electron chi connectivity index (χ4n) is 2.06. The van der Waals surface area contributed by atoms with Gasteiger partial charge in [-0.15, -0.1) is 11.3 Å². The van der Waals surface area contributed by atoms with Gasteiger partial charge in [0.2, 0.25) is 5.89 Å². The molecular formula is C15H16N6O3S. The monoisotopic (exact) mass is 360 g/mol. The van der Waals surface area contributed by atoms with Crippen LogP contribution in [0.5, 0.6) is 0 Å². The minimum atomic E-state index is -0.247. The number of rotatable bonds is 7. The highest BCUT2D eigenvalue weighted by Crippen LogP contribution is 2.26. The zero-order valence-corrected chi connectivity index (χ0v) is 14.5. The number of ether oxygens (including phenoxy) is 1. The average molecular weight is 360 g/mol. The van der Waals surface area contributed by atoms with Crippen molar-refractivity contribution in [1.82, 2.24) is 30.4 Å². The second-order valence-corrected chi connectivity index (χ2v) is 5.94. The Morgan fingerprint density at radius 2 is 2.12 bits per heavy atom. The summed E-state index contributed by atoms with van der Waals surface area (Å²) in [6.45, 7) is 2.33. The summed E-state index contributed by atoms with van der Waals surface area (Å²) in [6, 6.07) is 1.73. The van der Waals surface area contributed by atoms with Gasteiger partial charge in [-0.2, -0.15) is 4.98 Å². The molecule has 9 nitrogen and oxygen atoms in total. The molecule has 130 valence electrons. The molecule has 0 saturated carbocycles. The first-order valence-electron chi connectivity index (χ1n) is 7.57. The third kappa shape index (κ3) is 4.03. The van der Waals surface area contributed by atoms with Crippen molar-refractivity contribution in [3.63, 3.8) is 0 Å². The Morgan fingerprint density at radius 1 is 1.32 bits per heavy atom. The highest BCUT2D eigenvalue weighted by molar-refractivity contribution is 7.17. The van der Waals surface area contributed by atoms with Gasteiger partial charge in [-0.3, -0.25) is 4.79 Å². The van der Waals surface area contributed by atoms with Gasteiger partial charge in [0.1, 0.15) is 11.5 Å². The highest BCUT2D eigenvalue weighted by atomic mass is 32.1. The standard InChI is InChI=1S/C15H16N6O3S/c1-3-9-12(25-15(19-9)13-16-5-4-6-17-13)14(22)18-7-11-20-10(8-23-2)21-24-11/h4-6H,3,7-8H2,1-2H3,(H,18,22). The van der Waals surface area contributed by atoms with Crippen molar-refractivity contribution in [2.75, 3.05) is 7.11 Å². The van der Waals surface area contributed by atoms with Gasteiger partial charge in [0, 0.05) is 19.5 Å². The smallest absolute Gasteiger partial charge is 0.263 e. The van der Waals surface area contributed by atoms with Gasteiger partial charge < -0.3 is 14.6 Å². The second kappa shape index (κ2) is 7.90. The van der Waals surface area contributed by atoms with Crippen LogP contribution in [0.4, 0.5) is 0 Å². The first-order valence-corrected chi connectivity index (χ1v) is 8.38. The first-order chi connectivity index (χ1) is 12.2. The molecule has 3 aromatic rings. The molecule has 1 amide bonds. The summed E-state index contributed by atoms with van der Waals surface area (Å²) < 4.78 is 9.97. The molecule has 0 aliphatic carbocycles. The van der Waals surface area contributed by atoms with Gasteiger partial charge in [-0.05, 0) is 12.5 Å². The third-order valence-electron chi connectivity index (χ3n) is 3.18. The molecule has 25 heavy (non-hydrogen) atoms. The van der Waals surface area contributed by atoms with E-state index in [4.69, 9.17) is 9.26 Å². The fourth-order valence-corrected chi connectivity index (χ4v) is 3.08. The maximum absolute atomic E-state index is 12.5. The molecular weight excluding hydrogens is 344 g/mol. The number of amides is 1. The summed E-state index contributed by atoms with van der Waals surface area (Å²) >= 11 is 1.26. The molecule has 0 fully saturated rings. The molecule has 0 unspecified atom stereocenters. The normalized spacial score (nSPS) is 10.8. The van der Waals surface area contributed by atoms with Crippen LogP contribution in [0.2, 0.25) is 0 Å². The lowest BCUT2D eigenvalue weighted by molar-refractivity contribution is 0.0949. The van der Waals surface area contributed by atoms with Crippen LogP contribution in [0.25, 0.3) is 10.8 Å². The minimum Gasteiger partial charge on any atom is -0.377 e. The number of nitrogens with zero attached hydrogens (tertiary/aromatic N) is 5. The van der Waals surface area contributed by atoms with Crippen LogP contribution < -0.4 is 5.32 Å². The Morgan fingerprint density at radius 3 is 2.84 bits per heavy atom. The van der Waals surface area contributed by atoms with Gasteiger partial charge in [0.25, 0.3) is 5.91 Å². The lowest BCUT2D eigenvalue weighted by atomic mass is 10.3. The van der Waals surface area contributed by atoms with E-state index in [-0.39, 0.29) is 19.1 Å². The molecule has 3 heterocycles. The number of hydrogen-bond acceptors (Lipinski definition) is 9. The number of aryl methyl sites for hydroxylation is 1. The van der Waals surface area contributed by atoms with Crippen molar-refractivity contribution >= 4 is 17.2 Å². The molecule has 0 spiro atoms. The molecule has 0 atom stereocenters. The van der Waals surface area contributed by atoms with Crippen molar-refractivity contribution in [2.45, 2.75) is 26.5 Å². The lowest BCUT2D eigenvalue weighted by Crippen LogP contribution is -2.23. The van der Waals surface area contributed by atoms with E-state index >= 15 is 0 Å². The quantitative estimate of drug-likeness (QED) is 0.676. The number of carbonyl (C=O) groups excluding carboxylic acids is 1. The Bertz CT molecular complexity index is 848. The number of thiazole rings is 1. The maximum Gasteiger partial charge on any atom is 0.263 e. The lowest BCUT2D eigenvalue weighted by Gasteiger charge is -2.00. The molecule has 0 radical (unpaired) electrons. The number of hydrogen-bond donors (Lipinski definition) is 1. The molecule has 0 aliphatic heterocycles. The van der Waals surface area contributed by atoms with Crippen LogP contribution in [0, 0.1) is 0 Å². The van der Waals surface area contributed by atoms with Crippen LogP contribution in [0.15, 0.2) is 23.0 Å². The van der Waals surface area contributed by atoms with Crippen molar-refractivity contribution in [3.8, 4) is 10.8 Å². The van der Waals surface area contributed by atoms with E-state index in [1.54, 1.807) is 25.6 Å². The number of nitrogens with one attached hydrogen (secondary N) is 1. The average Bonchev–Trinajstić information content (AvgIpc) is 3.27. The topological polar surface area (TPSA) is 116 Å². The Balaban J connectivity index is 1.71. The van der Waals surface area contributed by atoms with Crippen molar-refractivity contribution in [2.24, 2.45) is 0 Å². The third-order valence-corrected chi connectivity index (χ3v) is 4.27. The van der Waals surface area contributed by atoms with Gasteiger partial charge in [-0.25, -0.2) is 15.0 Å². The number of methoxy groups -OCH3 is 1. The fraction of sp³-hybridized carbons (Fsp3) is 0.333. The predicted molar refractivity (Wildman–Crippen MR) is 88.7 cm³/mol. The van der Waals surface area contributed by atoms with Crippen molar-refractivity contribution < 1.29 is 14.1 Å². The predicted octanol–water partition coefficient (Wildman–Crippen LogP) is 1.62. The van der Waals surface area contributed by atoms with E-state index < -0.39 is 0 Å². The van der Waals surface area contributed by atoms with Gasteiger partial charge in [0.15, 0.2) is 16.7 Å². The maximum atomic E-state index is 12.5. The van der Waals surface area contributed by atoms with Gasteiger partial charge in [0.05, 0.1) is 12.2 Å². The summed E-state index contributed by atoms with van der Waals surface area (Å²) in [5.41, 5.74) is 0.704. The highest BCUT2D eigenvalue weighted by Gasteiger charge is 2.19. The van der Waals surface area contributed by atoms with Crippen molar-refractivity contribution in [1.29, 1.82) is 0 Å². The number of aromatic nitrogens is 5. The second-order valence-electron chi connectivity index (χ2n) is 4.94. The molecule has 0 aliphatic rings. The molecule has 1 N–H and O–H groups in total. The zero-order chi connectivity index (χ0) is 17.6. The van der Waals surface area contributed by atoms with Crippen LogP contribution in [-0.4, -0.2) is 38.1 Å². The molecule has 0 bridgehead atoms. The van der Waals surface area contributed by atoms with Crippen LogP contribution >= 0.6 is 11.3 Å². The van der Waals surface area contributed by atoms with E-state index in [1.165, 1.54) is 11.3 Å². The molecule has 3 aromatic heterocycles. The van der Waals surface area contributed by atoms with Crippen LogP contribution in [0.1, 0.15) is 34.0 Å². The van der Waals surface area contributed by atoms with Gasteiger partial charge >= 0.3 is 0 Å². The molecule has 3 rings (SSSR count). The van der Waals surface area contributed by atoms with Crippen molar-refractivity contribution in [3.05, 3.63) is 40.7 Å². The SMILES string of the molecule is CCc1nc(-c2ncccn2)sc1C(=O)NCc1nc(COC)no1. The summed E-state index contributed by atoms with van der Waals surface area (Å²) in [4.78, 5) is 29.9. The van der Waals surface area contributed by atoms with E-state index in [2.05, 4.69) is 30.4 Å². The van der Waals surface area contributed by atoms with E-state index in [0.29, 0.717) is 39.5 Å². The van der Waals surface area contributed by atoms with Crippen LogP contribution in [-0.2, 0) is 24.3 Å². The minimum absolute atomic E-state index is 0.133. The summed E-state index contributed by atoms with van der Waals surface area (Å²) in [5, 5.41) is 7.12. The molecule has 0 aromatic carbocycles. The summed E-state index contributed by atoms with van der Waals surface area (Å²) in [5.74, 6) is 1.00. The van der Waals surface area contributed by atoms with E-state index in [1.807, 2.05) is 6.92 Å². The number of carbonyl (C=O) groups is 1. The Hall–Kier alpha value is -2.72. The van der Waals surface area contributed by atoms with E-state index in [9.17, 15) is 4.79 Å². The summed E-state index contributed by atoms with van der Waals surface area (Å²) in [6.07, 6.45) is 3.91.